The Labute approximate surface area is 177 Å². The molecule has 0 saturated carbocycles. The quantitative estimate of drug-likeness (QED) is 0.539. The molecule has 7 nitrogen and oxygen atoms in total. The number of para-hydroxylation sites is 1. The van der Waals surface area contributed by atoms with Crippen LogP contribution in [0.15, 0.2) is 61.3 Å². The molecular formula is C23H28N4O3. The van der Waals surface area contributed by atoms with Crippen LogP contribution in [0.2, 0.25) is 0 Å². The zero-order valence-corrected chi connectivity index (χ0v) is 17.0. The highest BCUT2D eigenvalue weighted by atomic mass is 16.8. The van der Waals surface area contributed by atoms with E-state index >= 15 is 0 Å². The maximum absolute atomic E-state index is 11.3. The Bertz CT molecular complexity index is 861. The molecule has 3 heterocycles. The number of benzene rings is 1. The maximum Gasteiger partial charge on any atom is 0.267 e. The SMILES string of the molecule is C=CC(=O)NOC1CCCC(c2cccnc2N[C@@H]2CCN(c3ccccc3)C2)O1. The van der Waals surface area contributed by atoms with Crippen LogP contribution in [0.3, 0.4) is 0 Å². The molecule has 158 valence electrons. The van der Waals surface area contributed by atoms with E-state index in [-0.39, 0.29) is 12.0 Å². The van der Waals surface area contributed by atoms with E-state index in [2.05, 4.69) is 57.6 Å². The molecule has 2 N–H and O–H groups in total. The van der Waals surface area contributed by atoms with E-state index in [0.717, 1.165) is 50.2 Å². The number of hydrogen-bond donors (Lipinski definition) is 2. The lowest BCUT2D eigenvalue weighted by molar-refractivity contribution is -0.222. The summed E-state index contributed by atoms with van der Waals surface area (Å²) in [5.74, 6) is 0.479. The molecule has 2 aromatic rings. The Morgan fingerprint density at radius 2 is 2.07 bits per heavy atom. The number of nitrogens with zero attached hydrogens (tertiary/aromatic N) is 2. The van der Waals surface area contributed by atoms with Gasteiger partial charge in [-0.05, 0) is 43.5 Å². The van der Waals surface area contributed by atoms with Crippen LogP contribution in [0.4, 0.5) is 11.5 Å². The third kappa shape index (κ3) is 4.98. The fourth-order valence-electron chi connectivity index (χ4n) is 4.01. The minimum absolute atomic E-state index is 0.132. The Morgan fingerprint density at radius 1 is 1.20 bits per heavy atom. The summed E-state index contributed by atoms with van der Waals surface area (Å²) in [5, 5.41) is 3.62. The summed E-state index contributed by atoms with van der Waals surface area (Å²) in [4.78, 5) is 23.7. The standard InChI is InChI=1S/C23H28N4O3/c1-2-21(28)26-30-22-12-6-11-20(29-22)19-10-7-14-24-23(19)25-17-13-15-27(16-17)18-8-4-3-5-9-18/h2-5,7-10,14,17,20,22H,1,6,11-13,15-16H2,(H,24,25)(H,26,28)/t17-,20?,22?/m1/s1. The molecule has 1 amide bonds. The molecule has 4 rings (SSSR count). The number of ether oxygens (including phenoxy) is 1. The molecule has 2 unspecified atom stereocenters. The van der Waals surface area contributed by atoms with Gasteiger partial charge in [-0.1, -0.05) is 30.8 Å². The summed E-state index contributed by atoms with van der Waals surface area (Å²) >= 11 is 0. The second-order valence-electron chi connectivity index (χ2n) is 7.63. The van der Waals surface area contributed by atoms with Gasteiger partial charge in [0.25, 0.3) is 5.91 Å². The van der Waals surface area contributed by atoms with Gasteiger partial charge in [0, 0.05) is 43.0 Å². The molecule has 1 aromatic carbocycles. The van der Waals surface area contributed by atoms with Crippen molar-refractivity contribution in [2.45, 2.75) is 44.1 Å². The Balaban J connectivity index is 1.39. The van der Waals surface area contributed by atoms with E-state index in [4.69, 9.17) is 9.57 Å². The van der Waals surface area contributed by atoms with Crippen molar-refractivity contribution in [3.8, 4) is 0 Å². The molecule has 2 saturated heterocycles. The van der Waals surface area contributed by atoms with Crippen LogP contribution in [-0.2, 0) is 14.4 Å². The van der Waals surface area contributed by atoms with Crippen molar-refractivity contribution in [2.75, 3.05) is 23.3 Å². The summed E-state index contributed by atoms with van der Waals surface area (Å²) in [7, 11) is 0. The van der Waals surface area contributed by atoms with Crippen LogP contribution in [0.25, 0.3) is 0 Å². The van der Waals surface area contributed by atoms with Crippen molar-refractivity contribution in [3.63, 3.8) is 0 Å². The van der Waals surface area contributed by atoms with Gasteiger partial charge in [0.2, 0.25) is 0 Å². The second-order valence-corrected chi connectivity index (χ2v) is 7.63. The van der Waals surface area contributed by atoms with Gasteiger partial charge in [0.05, 0.1) is 6.10 Å². The number of hydrogen-bond acceptors (Lipinski definition) is 6. The van der Waals surface area contributed by atoms with Gasteiger partial charge in [-0.2, -0.15) is 0 Å². The number of anilines is 2. The lowest BCUT2D eigenvalue weighted by atomic mass is 10.0. The highest BCUT2D eigenvalue weighted by Crippen LogP contribution is 2.35. The van der Waals surface area contributed by atoms with E-state index in [9.17, 15) is 4.79 Å². The van der Waals surface area contributed by atoms with Crippen LogP contribution in [0, 0.1) is 0 Å². The van der Waals surface area contributed by atoms with Crippen molar-refractivity contribution < 1.29 is 14.4 Å². The summed E-state index contributed by atoms with van der Waals surface area (Å²) < 4.78 is 6.10. The van der Waals surface area contributed by atoms with E-state index in [0.29, 0.717) is 6.04 Å². The van der Waals surface area contributed by atoms with Gasteiger partial charge in [-0.3, -0.25) is 4.79 Å². The highest BCUT2D eigenvalue weighted by molar-refractivity contribution is 5.85. The Kier molecular flexibility index (Phi) is 6.61. The predicted octanol–water partition coefficient (Wildman–Crippen LogP) is 3.57. The maximum atomic E-state index is 11.3. The molecule has 2 fully saturated rings. The molecular weight excluding hydrogens is 380 g/mol. The fraction of sp³-hybridized carbons (Fsp3) is 0.391. The van der Waals surface area contributed by atoms with Crippen molar-refractivity contribution in [1.29, 1.82) is 0 Å². The van der Waals surface area contributed by atoms with Crippen LogP contribution in [0.5, 0.6) is 0 Å². The average Bonchev–Trinajstić information content (AvgIpc) is 3.27. The zero-order valence-electron chi connectivity index (χ0n) is 17.0. The van der Waals surface area contributed by atoms with E-state index in [1.807, 2.05) is 12.1 Å². The first-order valence-electron chi connectivity index (χ1n) is 10.5. The lowest BCUT2D eigenvalue weighted by Crippen LogP contribution is -2.33. The summed E-state index contributed by atoms with van der Waals surface area (Å²) in [6.07, 6.45) is 5.96. The molecule has 7 heteroatoms. The van der Waals surface area contributed by atoms with Gasteiger partial charge < -0.3 is 15.0 Å². The van der Waals surface area contributed by atoms with Crippen LogP contribution < -0.4 is 15.7 Å². The normalized spacial score (nSPS) is 23.7. The van der Waals surface area contributed by atoms with Crippen LogP contribution in [-0.4, -0.2) is 36.3 Å². The third-order valence-electron chi connectivity index (χ3n) is 5.53. The number of nitrogens with one attached hydrogen (secondary N) is 2. The second kappa shape index (κ2) is 9.73. The minimum Gasteiger partial charge on any atom is -0.369 e. The van der Waals surface area contributed by atoms with Crippen molar-refractivity contribution in [3.05, 3.63) is 66.9 Å². The monoisotopic (exact) mass is 408 g/mol. The van der Waals surface area contributed by atoms with Crippen LogP contribution >= 0.6 is 0 Å². The van der Waals surface area contributed by atoms with Crippen LogP contribution in [0.1, 0.15) is 37.4 Å². The molecule has 1 aromatic heterocycles. The highest BCUT2D eigenvalue weighted by Gasteiger charge is 2.29. The van der Waals surface area contributed by atoms with Crippen molar-refractivity contribution >= 4 is 17.4 Å². The molecule has 0 bridgehead atoms. The number of hydroxylamine groups is 1. The summed E-state index contributed by atoms with van der Waals surface area (Å²) in [6.45, 7) is 5.37. The average molecular weight is 409 g/mol. The van der Waals surface area contributed by atoms with E-state index in [1.54, 1.807) is 6.20 Å². The first-order chi connectivity index (χ1) is 14.7. The molecule has 2 aliphatic heterocycles. The van der Waals surface area contributed by atoms with Gasteiger partial charge >= 0.3 is 0 Å². The van der Waals surface area contributed by atoms with E-state index in [1.165, 1.54) is 11.8 Å². The molecule has 0 radical (unpaired) electrons. The number of carbonyl (C=O) groups is 1. The predicted molar refractivity (Wildman–Crippen MR) is 116 cm³/mol. The van der Waals surface area contributed by atoms with Crippen molar-refractivity contribution in [2.24, 2.45) is 0 Å². The molecule has 0 aliphatic carbocycles. The minimum atomic E-state index is -0.485. The number of rotatable bonds is 7. The Hall–Kier alpha value is -2.90. The van der Waals surface area contributed by atoms with Gasteiger partial charge in [-0.25, -0.2) is 15.3 Å². The molecule has 30 heavy (non-hydrogen) atoms. The number of carbonyl (C=O) groups excluding carboxylic acids is 1. The van der Waals surface area contributed by atoms with Crippen molar-refractivity contribution in [1.82, 2.24) is 10.5 Å². The van der Waals surface area contributed by atoms with Gasteiger partial charge in [-0.15, -0.1) is 0 Å². The first-order valence-corrected chi connectivity index (χ1v) is 10.5. The fourth-order valence-corrected chi connectivity index (χ4v) is 4.01. The lowest BCUT2D eigenvalue weighted by Gasteiger charge is -2.30. The zero-order chi connectivity index (χ0) is 20.8. The first kappa shape index (κ1) is 20.4. The number of pyridine rings is 1. The number of amides is 1. The molecule has 0 spiro atoms. The topological polar surface area (TPSA) is 75.7 Å². The molecule has 2 aliphatic rings. The largest absolute Gasteiger partial charge is 0.369 e. The van der Waals surface area contributed by atoms with E-state index < -0.39 is 6.29 Å². The van der Waals surface area contributed by atoms with Gasteiger partial charge in [0.1, 0.15) is 5.82 Å². The summed E-state index contributed by atoms with van der Waals surface area (Å²) in [5.41, 5.74) is 4.63. The summed E-state index contributed by atoms with van der Waals surface area (Å²) in [6, 6.07) is 14.8. The Morgan fingerprint density at radius 3 is 2.90 bits per heavy atom. The number of aromatic nitrogens is 1. The van der Waals surface area contributed by atoms with Gasteiger partial charge in [0.15, 0.2) is 6.29 Å². The molecule has 3 atom stereocenters. The third-order valence-corrected chi connectivity index (χ3v) is 5.53. The smallest absolute Gasteiger partial charge is 0.267 e.